The standard InChI is InChI=1S/C17H14ClNO3S/c1-21-13-9-11(18)7-10-8-14(22-16(10)13)17(20)19-5-4-12(19)15-3-2-6-23-15/h2-3,6-9,12H,4-5H2,1H3/t12-/m1/s1. The Morgan fingerprint density at radius 3 is 2.96 bits per heavy atom. The molecule has 1 atom stereocenters. The number of fused-ring (bicyclic) bond motifs is 1. The third-order valence-electron chi connectivity index (χ3n) is 4.13. The molecule has 4 nitrogen and oxygen atoms in total. The maximum atomic E-state index is 12.7. The van der Waals surface area contributed by atoms with Crippen LogP contribution in [0.3, 0.4) is 0 Å². The molecule has 0 unspecified atom stereocenters. The van der Waals surface area contributed by atoms with E-state index in [1.165, 1.54) is 4.88 Å². The molecule has 1 amide bonds. The summed E-state index contributed by atoms with van der Waals surface area (Å²) in [6.45, 7) is 0.746. The van der Waals surface area contributed by atoms with Crippen LogP contribution in [0.25, 0.3) is 11.0 Å². The summed E-state index contributed by atoms with van der Waals surface area (Å²) in [6.07, 6.45) is 0.988. The van der Waals surface area contributed by atoms with Gasteiger partial charge in [-0.15, -0.1) is 11.3 Å². The van der Waals surface area contributed by atoms with Gasteiger partial charge in [0.1, 0.15) is 0 Å². The number of thiophene rings is 1. The first kappa shape index (κ1) is 14.6. The van der Waals surface area contributed by atoms with Crippen LogP contribution in [-0.2, 0) is 0 Å². The predicted octanol–water partition coefficient (Wildman–Crippen LogP) is 4.74. The number of hydrogen-bond acceptors (Lipinski definition) is 4. The third-order valence-corrected chi connectivity index (χ3v) is 5.32. The van der Waals surface area contributed by atoms with Gasteiger partial charge in [0.05, 0.1) is 13.2 Å². The number of likely N-dealkylation sites (tertiary alicyclic amines) is 1. The second-order valence-corrected chi connectivity index (χ2v) is 6.87. The molecule has 0 spiro atoms. The summed E-state index contributed by atoms with van der Waals surface area (Å²) in [5.74, 6) is 0.760. The highest BCUT2D eigenvalue weighted by Gasteiger charge is 2.36. The van der Waals surface area contributed by atoms with Crippen molar-refractivity contribution in [2.24, 2.45) is 0 Å². The van der Waals surface area contributed by atoms with Gasteiger partial charge in [-0.05, 0) is 30.0 Å². The fourth-order valence-electron chi connectivity index (χ4n) is 2.89. The Kier molecular flexibility index (Phi) is 3.54. The Balaban J connectivity index is 1.68. The molecule has 2 aromatic heterocycles. The molecule has 1 aromatic carbocycles. The molecule has 1 fully saturated rings. The summed E-state index contributed by atoms with van der Waals surface area (Å²) in [7, 11) is 1.55. The maximum absolute atomic E-state index is 12.7. The van der Waals surface area contributed by atoms with E-state index in [1.807, 2.05) is 16.3 Å². The zero-order chi connectivity index (χ0) is 16.0. The van der Waals surface area contributed by atoms with Crippen LogP contribution in [0, 0.1) is 0 Å². The molecule has 23 heavy (non-hydrogen) atoms. The van der Waals surface area contributed by atoms with Gasteiger partial charge in [-0.2, -0.15) is 0 Å². The van der Waals surface area contributed by atoms with Crippen molar-refractivity contribution < 1.29 is 13.9 Å². The number of furan rings is 1. The van der Waals surface area contributed by atoms with Crippen LogP contribution in [0.5, 0.6) is 5.75 Å². The van der Waals surface area contributed by atoms with Gasteiger partial charge in [0.2, 0.25) is 0 Å². The molecule has 0 radical (unpaired) electrons. The number of ether oxygens (including phenoxy) is 1. The van der Waals surface area contributed by atoms with Crippen molar-refractivity contribution in [3.8, 4) is 5.75 Å². The number of methoxy groups -OCH3 is 1. The molecule has 1 aliphatic heterocycles. The van der Waals surface area contributed by atoms with E-state index in [2.05, 4.69) is 6.07 Å². The van der Waals surface area contributed by atoms with Crippen LogP contribution in [0.1, 0.15) is 27.9 Å². The van der Waals surface area contributed by atoms with Crippen LogP contribution < -0.4 is 4.74 Å². The van der Waals surface area contributed by atoms with Crippen molar-refractivity contribution in [2.75, 3.05) is 13.7 Å². The minimum Gasteiger partial charge on any atom is -0.493 e. The van der Waals surface area contributed by atoms with E-state index in [0.29, 0.717) is 22.1 Å². The van der Waals surface area contributed by atoms with Gasteiger partial charge in [-0.1, -0.05) is 17.7 Å². The Labute approximate surface area is 142 Å². The van der Waals surface area contributed by atoms with Crippen molar-refractivity contribution in [3.05, 3.63) is 51.4 Å². The fraction of sp³-hybridized carbons (Fsp3) is 0.235. The molecule has 0 bridgehead atoms. The molecular formula is C17H14ClNO3S. The first-order chi connectivity index (χ1) is 11.2. The average molecular weight is 348 g/mol. The van der Waals surface area contributed by atoms with E-state index in [9.17, 15) is 4.79 Å². The van der Waals surface area contributed by atoms with Crippen LogP contribution in [-0.4, -0.2) is 24.5 Å². The molecule has 6 heteroatoms. The number of halogens is 1. The Morgan fingerprint density at radius 2 is 2.30 bits per heavy atom. The summed E-state index contributed by atoms with van der Waals surface area (Å²) < 4.78 is 11.0. The molecular weight excluding hydrogens is 334 g/mol. The normalized spacial score (nSPS) is 17.3. The highest BCUT2D eigenvalue weighted by molar-refractivity contribution is 7.10. The number of carbonyl (C=O) groups excluding carboxylic acids is 1. The van der Waals surface area contributed by atoms with E-state index >= 15 is 0 Å². The van der Waals surface area contributed by atoms with Crippen molar-refractivity contribution >= 4 is 39.8 Å². The second-order valence-electron chi connectivity index (χ2n) is 5.46. The van der Waals surface area contributed by atoms with Gasteiger partial charge in [0.15, 0.2) is 17.1 Å². The first-order valence-electron chi connectivity index (χ1n) is 7.29. The number of rotatable bonds is 3. The SMILES string of the molecule is COc1cc(Cl)cc2cc(C(=O)N3CC[C@@H]3c3cccs3)oc12. The summed E-state index contributed by atoms with van der Waals surface area (Å²) in [5.41, 5.74) is 0.549. The average Bonchev–Trinajstić information content (AvgIpc) is 3.14. The predicted molar refractivity (Wildman–Crippen MR) is 90.5 cm³/mol. The minimum atomic E-state index is -0.0935. The lowest BCUT2D eigenvalue weighted by Crippen LogP contribution is -2.44. The lowest BCUT2D eigenvalue weighted by molar-refractivity contribution is 0.0437. The number of carbonyl (C=O) groups is 1. The Bertz CT molecular complexity index is 871. The molecule has 1 aliphatic rings. The van der Waals surface area contributed by atoms with E-state index in [4.69, 9.17) is 20.8 Å². The van der Waals surface area contributed by atoms with E-state index in [1.54, 1.807) is 36.6 Å². The quantitative estimate of drug-likeness (QED) is 0.687. The van der Waals surface area contributed by atoms with Crippen molar-refractivity contribution in [3.63, 3.8) is 0 Å². The third kappa shape index (κ3) is 2.40. The highest BCUT2D eigenvalue weighted by atomic mass is 35.5. The summed E-state index contributed by atoms with van der Waals surface area (Å²) in [5, 5.41) is 3.35. The van der Waals surface area contributed by atoms with Gasteiger partial charge in [0, 0.05) is 27.9 Å². The van der Waals surface area contributed by atoms with Crippen LogP contribution in [0.4, 0.5) is 0 Å². The first-order valence-corrected chi connectivity index (χ1v) is 8.54. The number of amides is 1. The molecule has 0 N–H and O–H groups in total. The summed E-state index contributed by atoms with van der Waals surface area (Å²) in [4.78, 5) is 15.8. The smallest absolute Gasteiger partial charge is 0.290 e. The number of hydrogen-bond donors (Lipinski definition) is 0. The Hall–Kier alpha value is -1.98. The molecule has 4 rings (SSSR count). The van der Waals surface area contributed by atoms with Gasteiger partial charge < -0.3 is 14.1 Å². The minimum absolute atomic E-state index is 0.0935. The van der Waals surface area contributed by atoms with Crippen LogP contribution >= 0.6 is 22.9 Å². The Morgan fingerprint density at radius 1 is 1.43 bits per heavy atom. The molecule has 118 valence electrons. The zero-order valence-electron chi connectivity index (χ0n) is 12.4. The van der Waals surface area contributed by atoms with Gasteiger partial charge in [-0.3, -0.25) is 4.79 Å². The molecule has 0 saturated carbocycles. The van der Waals surface area contributed by atoms with Crippen molar-refractivity contribution in [2.45, 2.75) is 12.5 Å². The van der Waals surface area contributed by atoms with E-state index in [0.717, 1.165) is 18.4 Å². The van der Waals surface area contributed by atoms with Crippen LogP contribution in [0.15, 0.2) is 40.1 Å². The van der Waals surface area contributed by atoms with Gasteiger partial charge >= 0.3 is 0 Å². The van der Waals surface area contributed by atoms with E-state index in [-0.39, 0.29) is 11.9 Å². The van der Waals surface area contributed by atoms with Gasteiger partial charge in [0.25, 0.3) is 5.91 Å². The van der Waals surface area contributed by atoms with Crippen LogP contribution in [0.2, 0.25) is 5.02 Å². The molecule has 0 aliphatic carbocycles. The fourth-order valence-corrected chi connectivity index (χ4v) is 3.98. The van der Waals surface area contributed by atoms with Crippen molar-refractivity contribution in [1.82, 2.24) is 4.90 Å². The maximum Gasteiger partial charge on any atom is 0.290 e. The molecule has 1 saturated heterocycles. The number of benzene rings is 1. The van der Waals surface area contributed by atoms with Crippen molar-refractivity contribution in [1.29, 1.82) is 0 Å². The largest absolute Gasteiger partial charge is 0.493 e. The monoisotopic (exact) mass is 347 g/mol. The molecule has 3 aromatic rings. The van der Waals surface area contributed by atoms with Gasteiger partial charge in [-0.25, -0.2) is 0 Å². The lowest BCUT2D eigenvalue weighted by Gasteiger charge is -2.39. The molecule has 3 heterocycles. The number of nitrogens with zero attached hydrogens (tertiary/aromatic N) is 1. The summed E-state index contributed by atoms with van der Waals surface area (Å²) in [6, 6.07) is 9.41. The zero-order valence-corrected chi connectivity index (χ0v) is 14.0. The highest BCUT2D eigenvalue weighted by Crippen LogP contribution is 2.38. The van der Waals surface area contributed by atoms with E-state index < -0.39 is 0 Å². The summed E-state index contributed by atoms with van der Waals surface area (Å²) >= 11 is 7.74. The second kappa shape index (κ2) is 5.58. The topological polar surface area (TPSA) is 42.7 Å². The lowest BCUT2D eigenvalue weighted by atomic mass is 10.0.